The fraction of sp³-hybridized carbons (Fsp3) is 0.519. The van der Waals surface area contributed by atoms with E-state index in [9.17, 15) is 24.0 Å². The average Bonchev–Trinajstić information content (AvgIpc) is 4.01. The van der Waals surface area contributed by atoms with Gasteiger partial charge in [-0.3, -0.25) is 19.7 Å². The van der Waals surface area contributed by atoms with Crippen molar-refractivity contribution in [3.05, 3.63) is 112 Å². The molecular formula is C52H68Br2N4O7S2. The van der Waals surface area contributed by atoms with Crippen LogP contribution in [0.25, 0.3) is 0 Å². The van der Waals surface area contributed by atoms with Crippen LogP contribution in [0.15, 0.2) is 80.4 Å². The first kappa shape index (κ1) is 54.2. The van der Waals surface area contributed by atoms with Gasteiger partial charge in [-0.15, -0.1) is 22.7 Å². The number of esters is 2. The second kappa shape index (κ2) is 24.2. The Morgan fingerprint density at radius 2 is 1.24 bits per heavy atom. The minimum absolute atomic E-state index is 0.171. The van der Waals surface area contributed by atoms with Crippen LogP contribution in [-0.2, 0) is 36.7 Å². The van der Waals surface area contributed by atoms with E-state index in [1.165, 1.54) is 25.6 Å². The molecule has 2 atom stereocenters. The highest BCUT2D eigenvalue weighted by molar-refractivity contribution is 9.11. The molecule has 364 valence electrons. The fourth-order valence-electron chi connectivity index (χ4n) is 9.11. The molecule has 4 aromatic rings. The second-order valence-electron chi connectivity index (χ2n) is 19.8. The van der Waals surface area contributed by atoms with E-state index in [1.54, 1.807) is 35.6 Å². The van der Waals surface area contributed by atoms with Crippen molar-refractivity contribution in [1.82, 2.24) is 15.5 Å². The predicted molar refractivity (Wildman–Crippen MR) is 275 cm³/mol. The Hall–Kier alpha value is -3.73. The Morgan fingerprint density at radius 3 is 1.70 bits per heavy atom. The van der Waals surface area contributed by atoms with E-state index in [0.717, 1.165) is 92.2 Å². The lowest BCUT2D eigenvalue weighted by Gasteiger charge is -2.46. The maximum atomic E-state index is 13.7. The smallest absolute Gasteiger partial charge is 0.337 e. The van der Waals surface area contributed by atoms with Gasteiger partial charge in [0.05, 0.1) is 38.6 Å². The number of benzene rings is 2. The summed E-state index contributed by atoms with van der Waals surface area (Å²) in [6, 6.07) is 21.4. The Balaban J connectivity index is 0.000000213. The number of nitrogens with zero attached hydrogens (tertiary/aromatic N) is 1. The zero-order valence-electron chi connectivity index (χ0n) is 40.2. The number of thiophene rings is 2. The topological polar surface area (TPSA) is 157 Å². The minimum Gasteiger partial charge on any atom is -0.465 e. The summed E-state index contributed by atoms with van der Waals surface area (Å²) in [5.41, 5.74) is 9.50. The molecular weight excluding hydrogens is 1020 g/mol. The molecule has 2 amide bonds. The van der Waals surface area contributed by atoms with Gasteiger partial charge in [-0.1, -0.05) is 65.8 Å². The van der Waals surface area contributed by atoms with Gasteiger partial charge < -0.3 is 25.4 Å². The SMILES string of the molecule is CC(C)(C)C1CCC(=O)CC1.COC(=O)c1ccc(CCN2C(=O)C(c3ccc(Br)s3)NC23CCC(C(C)(C)C)CC3)cc1.COC(=O)c1ccc(CCNC(=O)C(N)c2ccc(Br)s2)cc1. The van der Waals surface area contributed by atoms with E-state index in [2.05, 4.69) is 93.7 Å². The van der Waals surface area contributed by atoms with Gasteiger partial charge >= 0.3 is 11.9 Å². The van der Waals surface area contributed by atoms with Gasteiger partial charge in [0.1, 0.15) is 17.9 Å². The normalized spacial score (nSPS) is 20.3. The molecule has 1 saturated heterocycles. The highest BCUT2D eigenvalue weighted by Crippen LogP contribution is 2.47. The van der Waals surface area contributed by atoms with Crippen LogP contribution in [0.2, 0.25) is 0 Å². The summed E-state index contributed by atoms with van der Waals surface area (Å²) in [6.07, 6.45) is 9.47. The van der Waals surface area contributed by atoms with Crippen LogP contribution in [0.3, 0.4) is 0 Å². The van der Waals surface area contributed by atoms with E-state index in [4.69, 9.17) is 10.5 Å². The van der Waals surface area contributed by atoms with Crippen LogP contribution in [0.5, 0.6) is 0 Å². The van der Waals surface area contributed by atoms with Gasteiger partial charge in [-0.05, 0) is 166 Å². The van der Waals surface area contributed by atoms with Crippen molar-refractivity contribution in [3.8, 4) is 0 Å². The summed E-state index contributed by atoms with van der Waals surface area (Å²) in [5, 5.41) is 6.60. The molecule has 2 unspecified atom stereocenters. The molecule has 3 aliphatic rings. The predicted octanol–water partition coefficient (Wildman–Crippen LogP) is 11.4. The lowest BCUT2D eigenvalue weighted by Crippen LogP contribution is -2.55. The number of hydrogen-bond donors (Lipinski definition) is 3. The molecule has 1 aliphatic heterocycles. The molecule has 11 nitrogen and oxygen atoms in total. The number of nitrogens with one attached hydrogen (secondary N) is 2. The maximum absolute atomic E-state index is 13.7. The molecule has 2 aromatic heterocycles. The van der Waals surface area contributed by atoms with Crippen molar-refractivity contribution in [2.24, 2.45) is 28.4 Å². The van der Waals surface area contributed by atoms with Crippen molar-refractivity contribution in [1.29, 1.82) is 0 Å². The first-order chi connectivity index (χ1) is 31.6. The molecule has 67 heavy (non-hydrogen) atoms. The summed E-state index contributed by atoms with van der Waals surface area (Å²) in [6.45, 7) is 14.9. The molecule has 2 aliphatic carbocycles. The number of nitrogens with two attached hydrogens (primary N) is 1. The van der Waals surface area contributed by atoms with Gasteiger partial charge in [-0.2, -0.15) is 0 Å². The van der Waals surface area contributed by atoms with Crippen LogP contribution >= 0.6 is 54.5 Å². The van der Waals surface area contributed by atoms with E-state index < -0.39 is 6.04 Å². The third-order valence-corrected chi connectivity index (χ3v) is 16.8. The molecule has 4 N–H and O–H groups in total. The van der Waals surface area contributed by atoms with Crippen molar-refractivity contribution in [3.63, 3.8) is 0 Å². The first-order valence-corrected chi connectivity index (χ1v) is 26.3. The van der Waals surface area contributed by atoms with Gasteiger partial charge in [-0.25, -0.2) is 9.59 Å². The Morgan fingerprint density at radius 1 is 0.746 bits per heavy atom. The summed E-state index contributed by atoms with van der Waals surface area (Å²) in [5.74, 6) is 1.17. The Labute approximate surface area is 422 Å². The minimum atomic E-state index is -0.659. The lowest BCUT2D eigenvalue weighted by atomic mass is 9.69. The zero-order chi connectivity index (χ0) is 49.1. The highest BCUT2D eigenvalue weighted by atomic mass is 79.9. The second-order valence-corrected chi connectivity index (χ2v) is 24.8. The van der Waals surface area contributed by atoms with Crippen LogP contribution in [0.1, 0.15) is 147 Å². The molecule has 15 heteroatoms. The number of halogens is 2. The van der Waals surface area contributed by atoms with Gasteiger partial charge in [0, 0.05) is 35.7 Å². The van der Waals surface area contributed by atoms with Crippen molar-refractivity contribution in [2.75, 3.05) is 27.3 Å². The van der Waals surface area contributed by atoms with Gasteiger partial charge in [0.15, 0.2) is 0 Å². The summed E-state index contributed by atoms with van der Waals surface area (Å²) < 4.78 is 11.4. The van der Waals surface area contributed by atoms with Gasteiger partial charge in [0.25, 0.3) is 0 Å². The molecule has 7 rings (SSSR count). The highest BCUT2D eigenvalue weighted by Gasteiger charge is 2.53. The Bertz CT molecular complexity index is 2280. The molecule has 3 heterocycles. The monoisotopic (exact) mass is 1080 g/mol. The van der Waals surface area contributed by atoms with Crippen LogP contribution < -0.4 is 16.4 Å². The number of ketones is 1. The molecule has 2 saturated carbocycles. The Kier molecular flexibility index (Phi) is 19.6. The van der Waals surface area contributed by atoms with Gasteiger partial charge in [0.2, 0.25) is 11.8 Å². The van der Waals surface area contributed by atoms with E-state index in [0.29, 0.717) is 47.8 Å². The molecule has 3 fully saturated rings. The van der Waals surface area contributed by atoms with E-state index in [-0.39, 0.29) is 40.9 Å². The number of ether oxygens (including phenoxy) is 2. The van der Waals surface area contributed by atoms with E-state index >= 15 is 0 Å². The van der Waals surface area contributed by atoms with Crippen molar-refractivity contribution < 1.29 is 33.4 Å². The first-order valence-electron chi connectivity index (χ1n) is 23.1. The van der Waals surface area contributed by atoms with Crippen LogP contribution in [-0.4, -0.2) is 67.4 Å². The molecule has 0 radical (unpaired) electrons. The number of rotatable bonds is 11. The van der Waals surface area contributed by atoms with Crippen molar-refractivity contribution in [2.45, 2.75) is 123 Å². The van der Waals surface area contributed by atoms with Crippen molar-refractivity contribution >= 4 is 84.1 Å². The molecule has 1 spiro atoms. The lowest BCUT2D eigenvalue weighted by molar-refractivity contribution is -0.133. The number of carbonyl (C=O) groups is 5. The number of hydrogen-bond acceptors (Lipinski definition) is 11. The van der Waals surface area contributed by atoms with E-state index in [1.807, 2.05) is 48.5 Å². The van der Waals surface area contributed by atoms with Crippen LogP contribution in [0.4, 0.5) is 0 Å². The van der Waals surface area contributed by atoms with Crippen LogP contribution in [0, 0.1) is 22.7 Å². The summed E-state index contributed by atoms with van der Waals surface area (Å²) >= 11 is 9.97. The summed E-state index contributed by atoms with van der Waals surface area (Å²) in [7, 11) is 2.74. The fourth-order valence-corrected chi connectivity index (χ4v) is 12.0. The zero-order valence-corrected chi connectivity index (χ0v) is 45.0. The third kappa shape index (κ3) is 15.1. The number of carbonyl (C=O) groups excluding carboxylic acids is 5. The number of amides is 2. The number of Topliss-reactive ketones (excluding diaryl/α,β-unsaturated/α-hetero) is 1. The molecule has 2 aromatic carbocycles. The summed E-state index contributed by atoms with van der Waals surface area (Å²) in [4.78, 5) is 63.7. The number of methoxy groups -OCH3 is 2. The largest absolute Gasteiger partial charge is 0.465 e. The quantitative estimate of drug-likeness (QED) is 0.124. The average molecular weight is 1090 g/mol. The standard InChI is InChI=1S/C26H33BrN2O3S.C16H17BrN2O3S.C10H18O/c1-25(2,3)19-11-14-26(15-12-19)28-22(20-9-10-21(27)33-20)23(30)29(26)16-13-17-5-7-18(8-6-17)24(31)32-4;1-22-16(21)11-4-2-10(3-5-11)8-9-19-15(20)14(18)12-6-7-13(17)23-12;1-10(2,3)8-4-6-9(11)7-5-8/h5-10,19,22,28H,11-16H2,1-4H3;2-7,14H,8-9,18H2,1H3,(H,19,20);8H,4-7H2,1-3H3. The third-order valence-electron chi connectivity index (χ3n) is 13.4. The maximum Gasteiger partial charge on any atom is 0.337 e. The molecule has 0 bridgehead atoms.